The molecular formula is C21H27N7O2. The first-order valence-corrected chi connectivity index (χ1v) is 10.4. The summed E-state index contributed by atoms with van der Waals surface area (Å²) in [5.74, 6) is 0.0753. The summed E-state index contributed by atoms with van der Waals surface area (Å²) in [6.45, 7) is 4.95. The van der Waals surface area contributed by atoms with E-state index in [0.29, 0.717) is 18.1 Å². The van der Waals surface area contributed by atoms with Gasteiger partial charge < -0.3 is 10.6 Å². The number of amides is 1. The van der Waals surface area contributed by atoms with Crippen LogP contribution in [0.2, 0.25) is 0 Å². The van der Waals surface area contributed by atoms with Crippen molar-refractivity contribution in [3.05, 3.63) is 45.6 Å². The van der Waals surface area contributed by atoms with Crippen molar-refractivity contribution in [3.63, 3.8) is 0 Å². The molecule has 3 heterocycles. The SMILES string of the molecule is CCn1cc(CNC(=O)c2cc3c(C)nc(NC)nc3n(C3CCCC3)c2=O)cn1. The van der Waals surface area contributed by atoms with E-state index in [1.54, 1.807) is 28.6 Å². The highest BCUT2D eigenvalue weighted by Crippen LogP contribution is 2.31. The molecule has 1 fully saturated rings. The molecule has 0 unspecified atom stereocenters. The van der Waals surface area contributed by atoms with Crippen molar-refractivity contribution in [1.29, 1.82) is 0 Å². The van der Waals surface area contributed by atoms with Gasteiger partial charge >= 0.3 is 0 Å². The standard InChI is InChI=1S/C21H27N7O2/c1-4-27-12-14(11-24-27)10-23-19(29)17-9-16-13(2)25-21(22-3)26-18(16)28(20(17)30)15-7-5-6-8-15/h9,11-12,15H,4-8,10H2,1-3H3,(H,23,29)(H,22,25,26). The van der Waals surface area contributed by atoms with Crippen LogP contribution >= 0.6 is 0 Å². The first-order valence-electron chi connectivity index (χ1n) is 10.4. The van der Waals surface area contributed by atoms with Crippen molar-refractivity contribution >= 4 is 22.9 Å². The van der Waals surface area contributed by atoms with E-state index >= 15 is 0 Å². The maximum absolute atomic E-state index is 13.4. The van der Waals surface area contributed by atoms with Gasteiger partial charge in [0.1, 0.15) is 11.2 Å². The van der Waals surface area contributed by atoms with E-state index in [1.807, 2.05) is 20.0 Å². The maximum atomic E-state index is 13.4. The lowest BCUT2D eigenvalue weighted by Crippen LogP contribution is -2.34. The van der Waals surface area contributed by atoms with E-state index in [0.717, 1.165) is 48.9 Å². The molecular weight excluding hydrogens is 382 g/mol. The number of aryl methyl sites for hydroxylation is 2. The molecule has 30 heavy (non-hydrogen) atoms. The molecule has 3 aromatic rings. The molecule has 0 saturated heterocycles. The molecule has 4 rings (SSSR count). The van der Waals surface area contributed by atoms with Gasteiger partial charge in [-0.15, -0.1) is 0 Å². The number of carbonyl (C=O) groups excluding carboxylic acids is 1. The van der Waals surface area contributed by atoms with E-state index in [9.17, 15) is 9.59 Å². The Morgan fingerprint density at radius 2 is 2.03 bits per heavy atom. The van der Waals surface area contributed by atoms with Crippen molar-refractivity contribution in [2.45, 2.75) is 58.7 Å². The molecule has 2 N–H and O–H groups in total. The van der Waals surface area contributed by atoms with Crippen LogP contribution in [-0.4, -0.2) is 37.3 Å². The fraction of sp³-hybridized carbons (Fsp3) is 0.476. The van der Waals surface area contributed by atoms with Crippen LogP contribution in [0.1, 0.15) is 60.3 Å². The molecule has 9 nitrogen and oxygen atoms in total. The highest BCUT2D eigenvalue weighted by atomic mass is 16.2. The van der Waals surface area contributed by atoms with Crippen LogP contribution < -0.4 is 16.2 Å². The van der Waals surface area contributed by atoms with E-state index in [-0.39, 0.29) is 17.2 Å². The smallest absolute Gasteiger partial charge is 0.265 e. The van der Waals surface area contributed by atoms with Crippen LogP contribution in [0.25, 0.3) is 11.0 Å². The monoisotopic (exact) mass is 409 g/mol. The highest BCUT2D eigenvalue weighted by Gasteiger charge is 2.25. The van der Waals surface area contributed by atoms with Crippen LogP contribution in [0.5, 0.6) is 0 Å². The number of nitrogens with one attached hydrogen (secondary N) is 2. The van der Waals surface area contributed by atoms with Crippen LogP contribution in [-0.2, 0) is 13.1 Å². The van der Waals surface area contributed by atoms with Crippen LogP contribution in [0.15, 0.2) is 23.3 Å². The second-order valence-corrected chi connectivity index (χ2v) is 7.68. The van der Waals surface area contributed by atoms with Crippen LogP contribution in [0.3, 0.4) is 0 Å². The molecule has 158 valence electrons. The summed E-state index contributed by atoms with van der Waals surface area (Å²) in [7, 11) is 1.75. The number of anilines is 1. The van der Waals surface area contributed by atoms with Gasteiger partial charge in [0.15, 0.2) is 0 Å². The minimum Gasteiger partial charge on any atom is -0.357 e. The minimum absolute atomic E-state index is 0.0505. The van der Waals surface area contributed by atoms with E-state index in [1.165, 1.54) is 0 Å². The molecule has 0 spiro atoms. The van der Waals surface area contributed by atoms with Crippen molar-refractivity contribution in [2.75, 3.05) is 12.4 Å². The maximum Gasteiger partial charge on any atom is 0.265 e. The molecule has 1 aliphatic rings. The molecule has 3 aromatic heterocycles. The average Bonchev–Trinajstić information content (AvgIpc) is 3.43. The Labute approximate surface area is 174 Å². The van der Waals surface area contributed by atoms with Gasteiger partial charge in [-0.2, -0.15) is 10.1 Å². The third-order valence-corrected chi connectivity index (χ3v) is 5.70. The van der Waals surface area contributed by atoms with Gasteiger partial charge in [-0.05, 0) is 32.8 Å². The van der Waals surface area contributed by atoms with Crippen LogP contribution in [0, 0.1) is 6.92 Å². The number of carbonyl (C=O) groups is 1. The van der Waals surface area contributed by atoms with E-state index < -0.39 is 5.91 Å². The number of hydrogen-bond acceptors (Lipinski definition) is 6. The summed E-state index contributed by atoms with van der Waals surface area (Å²) >= 11 is 0. The lowest BCUT2D eigenvalue weighted by molar-refractivity contribution is 0.0949. The molecule has 1 amide bonds. The molecule has 0 aromatic carbocycles. The molecule has 9 heteroatoms. The Morgan fingerprint density at radius 3 is 2.70 bits per heavy atom. The van der Waals surface area contributed by atoms with Crippen molar-refractivity contribution in [1.82, 2.24) is 29.6 Å². The number of nitrogens with zero attached hydrogens (tertiary/aromatic N) is 5. The Morgan fingerprint density at radius 1 is 1.27 bits per heavy atom. The van der Waals surface area contributed by atoms with E-state index in [2.05, 4.69) is 25.7 Å². The lowest BCUT2D eigenvalue weighted by atomic mass is 10.1. The summed E-state index contributed by atoms with van der Waals surface area (Å²) < 4.78 is 3.51. The Kier molecular flexibility index (Phi) is 5.52. The molecule has 0 aliphatic heterocycles. The second-order valence-electron chi connectivity index (χ2n) is 7.68. The number of hydrogen-bond donors (Lipinski definition) is 2. The first kappa shape index (κ1) is 20.1. The fourth-order valence-corrected chi connectivity index (χ4v) is 4.07. The largest absolute Gasteiger partial charge is 0.357 e. The zero-order valence-corrected chi connectivity index (χ0v) is 17.6. The highest BCUT2D eigenvalue weighted by molar-refractivity contribution is 5.97. The number of pyridine rings is 1. The Balaban J connectivity index is 1.75. The van der Waals surface area contributed by atoms with Gasteiger partial charge in [-0.25, -0.2) is 4.98 Å². The fourth-order valence-electron chi connectivity index (χ4n) is 4.07. The van der Waals surface area contributed by atoms with Gasteiger partial charge in [0.2, 0.25) is 5.95 Å². The topological polar surface area (TPSA) is 107 Å². The van der Waals surface area contributed by atoms with Crippen molar-refractivity contribution in [2.24, 2.45) is 0 Å². The third kappa shape index (κ3) is 3.67. The predicted octanol–water partition coefficient (Wildman–Crippen LogP) is 2.40. The molecule has 0 radical (unpaired) electrons. The summed E-state index contributed by atoms with van der Waals surface area (Å²) in [5.41, 5.74) is 2.04. The van der Waals surface area contributed by atoms with Gasteiger partial charge in [0.25, 0.3) is 11.5 Å². The van der Waals surface area contributed by atoms with Gasteiger partial charge in [-0.1, -0.05) is 12.8 Å². The Hall–Kier alpha value is -3.23. The normalized spacial score (nSPS) is 14.4. The number of rotatable bonds is 6. The van der Waals surface area contributed by atoms with Gasteiger partial charge in [-0.3, -0.25) is 18.8 Å². The zero-order valence-electron chi connectivity index (χ0n) is 17.6. The summed E-state index contributed by atoms with van der Waals surface area (Å²) in [4.78, 5) is 35.4. The average molecular weight is 409 g/mol. The summed E-state index contributed by atoms with van der Waals surface area (Å²) in [5, 5.41) is 10.8. The minimum atomic E-state index is -0.394. The third-order valence-electron chi connectivity index (χ3n) is 5.70. The summed E-state index contributed by atoms with van der Waals surface area (Å²) in [6, 6.07) is 1.68. The van der Waals surface area contributed by atoms with Gasteiger partial charge in [0, 0.05) is 43.3 Å². The zero-order chi connectivity index (χ0) is 21.3. The quantitative estimate of drug-likeness (QED) is 0.647. The van der Waals surface area contributed by atoms with E-state index in [4.69, 9.17) is 0 Å². The Bertz CT molecular complexity index is 1140. The predicted molar refractivity (Wildman–Crippen MR) is 115 cm³/mol. The molecule has 0 atom stereocenters. The summed E-state index contributed by atoms with van der Waals surface area (Å²) in [6.07, 6.45) is 7.56. The number of aromatic nitrogens is 5. The number of fused-ring (bicyclic) bond motifs is 1. The van der Waals surface area contributed by atoms with Gasteiger partial charge in [0.05, 0.1) is 11.9 Å². The lowest BCUT2D eigenvalue weighted by Gasteiger charge is -2.19. The molecule has 1 aliphatic carbocycles. The van der Waals surface area contributed by atoms with Crippen LogP contribution in [0.4, 0.5) is 5.95 Å². The molecule has 1 saturated carbocycles. The van der Waals surface area contributed by atoms with Crippen molar-refractivity contribution < 1.29 is 4.79 Å². The second kappa shape index (κ2) is 8.25. The molecule has 0 bridgehead atoms. The van der Waals surface area contributed by atoms with Crippen molar-refractivity contribution in [3.8, 4) is 0 Å². The first-order chi connectivity index (χ1) is 14.5.